The topological polar surface area (TPSA) is 24.5 Å². The maximum absolute atomic E-state index is 5.42. The molecule has 1 fully saturated rings. The maximum Gasteiger partial charge on any atom is 0.0620 e. The molecule has 1 heterocycles. The number of hydrogen-bond acceptors (Lipinski definition) is 3. The fraction of sp³-hybridized carbons (Fsp3) is 1.00. The Balaban J connectivity index is 2.54. The van der Waals surface area contributed by atoms with Crippen molar-refractivity contribution in [1.29, 1.82) is 0 Å². The molecule has 0 aliphatic carbocycles. The first-order valence-electron chi connectivity index (χ1n) is 7.62. The summed E-state index contributed by atoms with van der Waals surface area (Å²) in [6.45, 7) is 12.6. The van der Waals surface area contributed by atoms with Crippen LogP contribution >= 0.6 is 0 Å². The summed E-state index contributed by atoms with van der Waals surface area (Å²) >= 11 is 0. The Hall–Kier alpha value is -0.120. The SMILES string of the molecule is CCCN(CC1CCCNC1)C(COC)C(C)C. The van der Waals surface area contributed by atoms with E-state index in [4.69, 9.17) is 4.74 Å². The molecule has 3 nitrogen and oxygen atoms in total. The number of rotatable bonds is 8. The van der Waals surface area contributed by atoms with Crippen LogP contribution in [-0.4, -0.2) is 50.8 Å². The summed E-state index contributed by atoms with van der Waals surface area (Å²) in [6, 6.07) is 0.567. The van der Waals surface area contributed by atoms with Gasteiger partial charge in [0.1, 0.15) is 0 Å². The molecular formula is C15H32N2O. The van der Waals surface area contributed by atoms with E-state index in [0.29, 0.717) is 12.0 Å². The highest BCUT2D eigenvalue weighted by Gasteiger charge is 2.24. The Bertz CT molecular complexity index is 203. The van der Waals surface area contributed by atoms with Crippen LogP contribution in [0.5, 0.6) is 0 Å². The minimum Gasteiger partial charge on any atom is -0.383 e. The van der Waals surface area contributed by atoms with Gasteiger partial charge in [-0.15, -0.1) is 0 Å². The van der Waals surface area contributed by atoms with Crippen LogP contribution in [0.3, 0.4) is 0 Å². The molecule has 0 aromatic rings. The van der Waals surface area contributed by atoms with Crippen molar-refractivity contribution in [2.75, 3.05) is 39.9 Å². The van der Waals surface area contributed by atoms with Gasteiger partial charge in [0.25, 0.3) is 0 Å². The van der Waals surface area contributed by atoms with Crippen LogP contribution in [0.25, 0.3) is 0 Å². The molecule has 1 aliphatic rings. The first kappa shape index (κ1) is 15.9. The van der Waals surface area contributed by atoms with Crippen LogP contribution in [0.2, 0.25) is 0 Å². The van der Waals surface area contributed by atoms with E-state index in [1.807, 2.05) is 7.11 Å². The molecule has 2 atom stereocenters. The van der Waals surface area contributed by atoms with Gasteiger partial charge in [0.15, 0.2) is 0 Å². The van der Waals surface area contributed by atoms with E-state index in [9.17, 15) is 0 Å². The fourth-order valence-electron chi connectivity index (χ4n) is 2.98. The second-order valence-corrected chi connectivity index (χ2v) is 5.97. The van der Waals surface area contributed by atoms with Gasteiger partial charge in [-0.3, -0.25) is 4.90 Å². The predicted molar refractivity (Wildman–Crippen MR) is 78.0 cm³/mol. The van der Waals surface area contributed by atoms with Gasteiger partial charge >= 0.3 is 0 Å². The van der Waals surface area contributed by atoms with E-state index in [0.717, 1.165) is 12.5 Å². The van der Waals surface area contributed by atoms with Crippen LogP contribution in [0, 0.1) is 11.8 Å². The first-order chi connectivity index (χ1) is 8.69. The lowest BCUT2D eigenvalue weighted by Crippen LogP contribution is -2.47. The average molecular weight is 256 g/mol. The van der Waals surface area contributed by atoms with E-state index in [1.165, 1.54) is 45.4 Å². The van der Waals surface area contributed by atoms with Crippen molar-refractivity contribution in [3.05, 3.63) is 0 Å². The largest absolute Gasteiger partial charge is 0.383 e. The third-order valence-corrected chi connectivity index (χ3v) is 3.98. The van der Waals surface area contributed by atoms with Gasteiger partial charge in [-0.05, 0) is 50.7 Å². The molecule has 18 heavy (non-hydrogen) atoms. The second kappa shape index (κ2) is 8.89. The van der Waals surface area contributed by atoms with Crippen molar-refractivity contribution in [2.45, 2.75) is 46.1 Å². The van der Waals surface area contributed by atoms with Gasteiger partial charge in [0, 0.05) is 19.7 Å². The highest BCUT2D eigenvalue weighted by molar-refractivity contribution is 4.79. The van der Waals surface area contributed by atoms with E-state index in [1.54, 1.807) is 0 Å². The van der Waals surface area contributed by atoms with E-state index >= 15 is 0 Å². The maximum atomic E-state index is 5.42. The molecule has 0 bridgehead atoms. The summed E-state index contributed by atoms with van der Waals surface area (Å²) in [6.07, 6.45) is 3.94. The predicted octanol–water partition coefficient (Wildman–Crippen LogP) is 2.37. The second-order valence-electron chi connectivity index (χ2n) is 5.97. The summed E-state index contributed by atoms with van der Waals surface area (Å²) < 4.78 is 5.42. The van der Waals surface area contributed by atoms with Crippen molar-refractivity contribution in [1.82, 2.24) is 10.2 Å². The standard InChI is InChI=1S/C15H32N2O/c1-5-9-17(15(12-18-4)13(2)3)11-14-7-6-8-16-10-14/h13-16H,5-12H2,1-4H3. The van der Waals surface area contributed by atoms with E-state index < -0.39 is 0 Å². The molecule has 0 radical (unpaired) electrons. The molecule has 3 heteroatoms. The Morgan fingerprint density at radius 3 is 2.67 bits per heavy atom. The average Bonchev–Trinajstić information content (AvgIpc) is 2.36. The Morgan fingerprint density at radius 2 is 2.17 bits per heavy atom. The van der Waals surface area contributed by atoms with Gasteiger partial charge < -0.3 is 10.1 Å². The van der Waals surface area contributed by atoms with Crippen molar-refractivity contribution in [3.63, 3.8) is 0 Å². The van der Waals surface area contributed by atoms with Gasteiger partial charge in [0.05, 0.1) is 6.61 Å². The molecule has 1 rings (SSSR count). The lowest BCUT2D eigenvalue weighted by Gasteiger charge is -2.37. The monoisotopic (exact) mass is 256 g/mol. The molecule has 0 amide bonds. The van der Waals surface area contributed by atoms with E-state index in [2.05, 4.69) is 31.0 Å². The summed E-state index contributed by atoms with van der Waals surface area (Å²) in [4.78, 5) is 2.66. The van der Waals surface area contributed by atoms with Crippen LogP contribution in [0.4, 0.5) is 0 Å². The van der Waals surface area contributed by atoms with Crippen LogP contribution in [0.1, 0.15) is 40.0 Å². The number of nitrogens with one attached hydrogen (secondary N) is 1. The minimum atomic E-state index is 0.567. The van der Waals surface area contributed by atoms with Crippen molar-refractivity contribution in [2.24, 2.45) is 11.8 Å². The summed E-state index contributed by atoms with van der Waals surface area (Å²) in [5.74, 6) is 1.48. The zero-order valence-corrected chi connectivity index (χ0v) is 12.7. The van der Waals surface area contributed by atoms with Crippen LogP contribution in [-0.2, 0) is 4.74 Å². The Morgan fingerprint density at radius 1 is 1.39 bits per heavy atom. The molecule has 108 valence electrons. The van der Waals surface area contributed by atoms with Crippen molar-refractivity contribution in [3.8, 4) is 0 Å². The molecule has 1 aliphatic heterocycles. The fourth-order valence-corrected chi connectivity index (χ4v) is 2.98. The highest BCUT2D eigenvalue weighted by Crippen LogP contribution is 2.18. The van der Waals surface area contributed by atoms with Gasteiger partial charge in [-0.25, -0.2) is 0 Å². The quantitative estimate of drug-likeness (QED) is 0.721. The smallest absolute Gasteiger partial charge is 0.0620 e. The summed E-state index contributed by atoms with van der Waals surface area (Å²) in [5, 5.41) is 3.52. The molecule has 0 aromatic carbocycles. The summed E-state index contributed by atoms with van der Waals surface area (Å²) in [5.41, 5.74) is 0. The van der Waals surface area contributed by atoms with Gasteiger partial charge in [-0.1, -0.05) is 20.8 Å². The molecule has 0 aromatic heterocycles. The summed E-state index contributed by atoms with van der Waals surface area (Å²) in [7, 11) is 1.82. The van der Waals surface area contributed by atoms with E-state index in [-0.39, 0.29) is 0 Å². The van der Waals surface area contributed by atoms with Crippen molar-refractivity contribution < 1.29 is 4.74 Å². The molecule has 0 saturated carbocycles. The number of nitrogens with zero attached hydrogens (tertiary/aromatic N) is 1. The number of ether oxygens (including phenoxy) is 1. The lowest BCUT2D eigenvalue weighted by molar-refractivity contribution is 0.0511. The molecule has 1 saturated heterocycles. The normalized spacial score (nSPS) is 22.7. The Kier molecular flexibility index (Phi) is 7.87. The highest BCUT2D eigenvalue weighted by atomic mass is 16.5. The number of piperidine rings is 1. The molecule has 2 unspecified atom stereocenters. The minimum absolute atomic E-state index is 0.567. The lowest BCUT2D eigenvalue weighted by atomic mass is 9.96. The molecule has 1 N–H and O–H groups in total. The zero-order chi connectivity index (χ0) is 13.4. The van der Waals surface area contributed by atoms with Crippen LogP contribution < -0.4 is 5.32 Å². The number of hydrogen-bond donors (Lipinski definition) is 1. The van der Waals surface area contributed by atoms with Crippen molar-refractivity contribution >= 4 is 0 Å². The third kappa shape index (κ3) is 5.25. The molecule has 0 spiro atoms. The number of methoxy groups -OCH3 is 1. The first-order valence-corrected chi connectivity index (χ1v) is 7.62. The Labute approximate surface area is 113 Å². The zero-order valence-electron chi connectivity index (χ0n) is 12.7. The molecular weight excluding hydrogens is 224 g/mol. The van der Waals surface area contributed by atoms with Crippen LogP contribution in [0.15, 0.2) is 0 Å². The van der Waals surface area contributed by atoms with Gasteiger partial charge in [-0.2, -0.15) is 0 Å². The third-order valence-electron chi connectivity index (χ3n) is 3.98. The van der Waals surface area contributed by atoms with Gasteiger partial charge in [0.2, 0.25) is 0 Å².